The van der Waals surface area contributed by atoms with Crippen LogP contribution in [0.5, 0.6) is 0 Å². The number of benzene rings is 27. The Balaban J connectivity index is 0.000000106. The number of hydrogen-bond acceptors (Lipinski definition) is 0. The van der Waals surface area contributed by atoms with Crippen LogP contribution in [0.2, 0.25) is 0 Å². The van der Waals surface area contributed by atoms with Crippen LogP contribution in [0.15, 0.2) is 510 Å². The van der Waals surface area contributed by atoms with Crippen LogP contribution in [0.25, 0.3) is 262 Å². The molecule has 0 aliphatic heterocycles. The van der Waals surface area contributed by atoms with Crippen molar-refractivity contribution in [3.63, 3.8) is 0 Å². The zero-order chi connectivity index (χ0) is 87.1. The molecule has 0 heteroatoms. The summed E-state index contributed by atoms with van der Waals surface area (Å²) in [7, 11) is 0. The standard InChI is InChI=1S/3C44H28/c1-2-12-29(13-3-1)34-16-8-9-19-37(34)43-39-21-11-10-20-38(39)42(44-36-18-7-5-15-31(36)26-27-40(43)44)33-25-24-32-23-22-30-14-4-6-17-35(30)41(32)28-33;1-2-11-29(12-3-1)33-15-10-16-34(27-33)42-38-19-8-9-20-39(38)43(44-37-18-7-5-14-31(37)25-26-40(42)44)35-24-23-32-22-21-30-13-4-6-17-36(30)41(32)28-35;1-2-10-29(11-3-1)30-18-23-34(24-19-30)42-38-16-8-9-17-39(38)43(44-37-15-7-5-13-32(37)26-27-40(42)44)35-25-22-33-21-20-31-12-4-6-14-36(31)41(33)28-35/h3*1-28H. The van der Waals surface area contributed by atoms with E-state index in [2.05, 4.69) is 510 Å². The molecule has 0 radical (unpaired) electrons. The van der Waals surface area contributed by atoms with E-state index in [0.717, 1.165) is 0 Å². The molecule has 0 saturated heterocycles. The molecule has 0 fully saturated rings. The molecule has 0 unspecified atom stereocenters. The van der Waals surface area contributed by atoms with Gasteiger partial charge < -0.3 is 0 Å². The molecule has 132 heavy (non-hydrogen) atoms. The van der Waals surface area contributed by atoms with Gasteiger partial charge in [0.15, 0.2) is 0 Å². The summed E-state index contributed by atoms with van der Waals surface area (Å²) in [4.78, 5) is 0. The van der Waals surface area contributed by atoms with Crippen molar-refractivity contribution in [2.75, 3.05) is 0 Å². The Morgan fingerprint density at radius 3 is 0.689 bits per heavy atom. The van der Waals surface area contributed by atoms with Gasteiger partial charge in [-0.3, -0.25) is 0 Å². The second-order valence-corrected chi connectivity index (χ2v) is 35.0. The van der Waals surface area contributed by atoms with Gasteiger partial charge in [0.05, 0.1) is 0 Å². The topological polar surface area (TPSA) is 0 Å². The third-order valence-electron chi connectivity index (χ3n) is 27.7. The number of rotatable bonds is 9. The van der Waals surface area contributed by atoms with Gasteiger partial charge in [0, 0.05) is 0 Å². The summed E-state index contributed by atoms with van der Waals surface area (Å²) in [5.74, 6) is 0. The van der Waals surface area contributed by atoms with Gasteiger partial charge in [0.2, 0.25) is 0 Å². The first-order chi connectivity index (χ1) is 65.5. The summed E-state index contributed by atoms with van der Waals surface area (Å²) in [5.41, 5.74) is 22.6. The van der Waals surface area contributed by atoms with Crippen LogP contribution in [0, 0.1) is 0 Å². The van der Waals surface area contributed by atoms with E-state index in [-0.39, 0.29) is 0 Å². The average molecular weight is 1670 g/mol. The fraction of sp³-hybridized carbons (Fsp3) is 0. The van der Waals surface area contributed by atoms with Crippen LogP contribution in [0.4, 0.5) is 0 Å². The largest absolute Gasteiger partial charge is 0.0622 e. The molecule has 612 valence electrons. The maximum absolute atomic E-state index is 2.41. The predicted molar refractivity (Wildman–Crippen MR) is 571 cm³/mol. The van der Waals surface area contributed by atoms with E-state index >= 15 is 0 Å². The Morgan fingerprint density at radius 2 is 0.303 bits per heavy atom. The molecule has 0 heterocycles. The van der Waals surface area contributed by atoms with E-state index in [1.807, 2.05) is 0 Å². The third kappa shape index (κ3) is 13.3. The van der Waals surface area contributed by atoms with Gasteiger partial charge in [-0.05, 0) is 286 Å². The molecule has 0 spiro atoms. The zero-order valence-corrected chi connectivity index (χ0v) is 72.5. The highest BCUT2D eigenvalue weighted by Gasteiger charge is 2.26. The summed E-state index contributed by atoms with van der Waals surface area (Å²) >= 11 is 0. The van der Waals surface area contributed by atoms with Crippen molar-refractivity contribution in [1.82, 2.24) is 0 Å². The molecule has 0 atom stereocenters. The molecule has 0 amide bonds. The van der Waals surface area contributed by atoms with Gasteiger partial charge in [-0.1, -0.05) is 485 Å². The molecule has 0 bridgehead atoms. The summed E-state index contributed by atoms with van der Waals surface area (Å²) in [5, 5.41) is 38.3. The first-order valence-corrected chi connectivity index (χ1v) is 45.8. The molecule has 0 aliphatic carbocycles. The van der Waals surface area contributed by atoms with Crippen LogP contribution in [0.1, 0.15) is 0 Å². The normalized spacial score (nSPS) is 11.6. The van der Waals surface area contributed by atoms with Crippen molar-refractivity contribution in [1.29, 1.82) is 0 Å². The second-order valence-electron chi connectivity index (χ2n) is 35.0. The van der Waals surface area contributed by atoms with Gasteiger partial charge in [-0.15, -0.1) is 0 Å². The maximum Gasteiger partial charge on any atom is -0.00141 e. The predicted octanol–water partition coefficient (Wildman–Crippen LogP) is 37.4. The minimum atomic E-state index is 1.23. The zero-order valence-electron chi connectivity index (χ0n) is 72.5. The molecule has 0 nitrogen and oxygen atoms in total. The van der Waals surface area contributed by atoms with Crippen LogP contribution in [0.3, 0.4) is 0 Å². The van der Waals surface area contributed by atoms with Crippen molar-refractivity contribution in [2.24, 2.45) is 0 Å². The Kier molecular flexibility index (Phi) is 19.1. The Labute approximate surface area is 765 Å². The minimum absolute atomic E-state index is 1.23. The highest BCUT2D eigenvalue weighted by atomic mass is 14.3. The second kappa shape index (κ2) is 32.6. The van der Waals surface area contributed by atoms with Crippen LogP contribution in [-0.4, -0.2) is 0 Å². The van der Waals surface area contributed by atoms with Gasteiger partial charge >= 0.3 is 0 Å². The first-order valence-electron chi connectivity index (χ1n) is 45.8. The lowest BCUT2D eigenvalue weighted by Gasteiger charge is -2.21. The van der Waals surface area contributed by atoms with Gasteiger partial charge in [0.25, 0.3) is 0 Å². The van der Waals surface area contributed by atoms with Crippen molar-refractivity contribution in [3.8, 4) is 100 Å². The molecule has 0 saturated carbocycles. The third-order valence-corrected chi connectivity index (χ3v) is 27.7. The summed E-state index contributed by atoms with van der Waals surface area (Å²) < 4.78 is 0. The fourth-order valence-electron chi connectivity index (χ4n) is 21.6. The van der Waals surface area contributed by atoms with Crippen molar-refractivity contribution in [3.05, 3.63) is 510 Å². The molecular weight excluding hydrogens is 1590 g/mol. The molecule has 0 aromatic heterocycles. The Bertz CT molecular complexity index is 9310. The number of hydrogen-bond donors (Lipinski definition) is 0. The highest BCUT2D eigenvalue weighted by Crippen LogP contribution is 2.53. The molecule has 27 aromatic rings. The minimum Gasteiger partial charge on any atom is -0.0622 e. The lowest BCUT2D eigenvalue weighted by atomic mass is 9.82. The van der Waals surface area contributed by atoms with Crippen LogP contribution < -0.4 is 0 Å². The van der Waals surface area contributed by atoms with E-state index in [4.69, 9.17) is 0 Å². The van der Waals surface area contributed by atoms with E-state index in [1.165, 1.54) is 262 Å². The molecule has 0 aliphatic rings. The van der Waals surface area contributed by atoms with Crippen LogP contribution in [-0.2, 0) is 0 Å². The highest BCUT2D eigenvalue weighted by molar-refractivity contribution is 6.33. The lowest BCUT2D eigenvalue weighted by molar-refractivity contribution is 1.61. The smallest absolute Gasteiger partial charge is 0.00141 e. The Morgan fingerprint density at radius 1 is 0.0833 bits per heavy atom. The van der Waals surface area contributed by atoms with E-state index in [0.29, 0.717) is 0 Å². The van der Waals surface area contributed by atoms with Crippen molar-refractivity contribution >= 4 is 162 Å². The monoisotopic (exact) mass is 1670 g/mol. The molecule has 27 aromatic carbocycles. The van der Waals surface area contributed by atoms with Gasteiger partial charge in [0.1, 0.15) is 0 Å². The van der Waals surface area contributed by atoms with E-state index in [9.17, 15) is 0 Å². The number of fused-ring (bicyclic) bond motifs is 21. The molecule has 27 rings (SSSR count). The lowest BCUT2D eigenvalue weighted by Crippen LogP contribution is -1.94. The van der Waals surface area contributed by atoms with Gasteiger partial charge in [-0.25, -0.2) is 0 Å². The summed E-state index contributed by atoms with van der Waals surface area (Å²) in [6, 6.07) is 187. The SMILES string of the molecule is c1ccc(-c2ccc(-c3c4ccccc4c(-c4ccc5ccc6ccccc6c5c4)c4c3ccc3ccccc34)cc2)cc1.c1ccc(-c2cccc(-c3c4ccccc4c(-c4ccc5ccc6ccccc6c5c4)c4c3ccc3ccccc34)c2)cc1.c1ccc(-c2ccccc2-c2c3ccccc3c(-c3ccc4ccc5ccccc5c4c3)c3c2ccc2ccccc23)cc1. The van der Waals surface area contributed by atoms with Crippen LogP contribution >= 0.6 is 0 Å². The van der Waals surface area contributed by atoms with Crippen molar-refractivity contribution in [2.45, 2.75) is 0 Å². The van der Waals surface area contributed by atoms with Gasteiger partial charge in [-0.2, -0.15) is 0 Å². The fourth-order valence-corrected chi connectivity index (χ4v) is 21.6. The average Bonchev–Trinajstić information content (AvgIpc) is 0.730. The maximum atomic E-state index is 2.41. The van der Waals surface area contributed by atoms with E-state index in [1.54, 1.807) is 0 Å². The first kappa shape index (κ1) is 77.2. The summed E-state index contributed by atoms with van der Waals surface area (Å²) in [6.07, 6.45) is 0. The molecular formula is C132H84. The van der Waals surface area contributed by atoms with Crippen molar-refractivity contribution < 1.29 is 0 Å². The molecule has 0 N–H and O–H groups in total. The Hall–Kier alpha value is -17.2. The summed E-state index contributed by atoms with van der Waals surface area (Å²) in [6.45, 7) is 0. The quantitative estimate of drug-likeness (QED) is 0.0998. The van der Waals surface area contributed by atoms with E-state index < -0.39 is 0 Å².